The van der Waals surface area contributed by atoms with Crippen LogP contribution in [0.25, 0.3) is 54.2 Å². The van der Waals surface area contributed by atoms with Crippen molar-refractivity contribution in [3.05, 3.63) is 212 Å². The van der Waals surface area contributed by atoms with Gasteiger partial charge in [-0.1, -0.05) is 164 Å². The molecule has 10 rings (SSSR count). The molecule has 256 valence electrons. The molecule has 54 heavy (non-hydrogen) atoms. The molecule has 0 aliphatic heterocycles. The van der Waals surface area contributed by atoms with Crippen LogP contribution in [0.1, 0.15) is 12.8 Å². The van der Waals surface area contributed by atoms with Crippen LogP contribution in [0.3, 0.4) is 0 Å². The van der Waals surface area contributed by atoms with Crippen molar-refractivity contribution >= 4 is 71.5 Å². The monoisotopic (exact) mass is 690 g/mol. The maximum atomic E-state index is 2.51. The Balaban J connectivity index is 1.35. The molecule has 0 bridgehead atoms. The summed E-state index contributed by atoms with van der Waals surface area (Å²) in [6.07, 6.45) is 8.77. The van der Waals surface area contributed by atoms with E-state index in [-0.39, 0.29) is 0 Å². The molecule has 0 unspecified atom stereocenters. The van der Waals surface area contributed by atoms with Crippen molar-refractivity contribution in [1.29, 1.82) is 0 Å². The van der Waals surface area contributed by atoms with Gasteiger partial charge in [-0.3, -0.25) is 0 Å². The van der Waals surface area contributed by atoms with E-state index in [9.17, 15) is 0 Å². The van der Waals surface area contributed by atoms with E-state index in [0.717, 1.165) is 24.2 Å². The molecule has 0 aromatic heterocycles. The molecule has 9 aromatic rings. The van der Waals surface area contributed by atoms with E-state index in [0.29, 0.717) is 0 Å². The third-order valence-electron chi connectivity index (χ3n) is 10.8. The van der Waals surface area contributed by atoms with Crippen LogP contribution in [0.4, 0.5) is 28.4 Å². The molecule has 0 fully saturated rings. The summed E-state index contributed by atoms with van der Waals surface area (Å²) in [7, 11) is 0. The zero-order valence-corrected chi connectivity index (χ0v) is 29.9. The fourth-order valence-electron chi connectivity index (χ4n) is 8.58. The minimum absolute atomic E-state index is 0.978. The molecule has 0 atom stereocenters. The molecule has 0 saturated carbocycles. The molecular formula is C52H38N2. The zero-order valence-electron chi connectivity index (χ0n) is 29.9. The molecule has 0 N–H and O–H groups in total. The van der Waals surface area contributed by atoms with Gasteiger partial charge in [0.05, 0.1) is 11.4 Å². The summed E-state index contributed by atoms with van der Waals surface area (Å²) in [5.74, 6) is 0. The molecule has 0 amide bonds. The number of hydrogen-bond donors (Lipinski definition) is 0. The second-order valence-corrected chi connectivity index (χ2v) is 13.9. The average molecular weight is 691 g/mol. The number of hydrogen-bond acceptors (Lipinski definition) is 2. The summed E-state index contributed by atoms with van der Waals surface area (Å²) in [5, 5.41) is 9.82. The summed E-state index contributed by atoms with van der Waals surface area (Å²) >= 11 is 0. The summed E-state index contributed by atoms with van der Waals surface area (Å²) < 4.78 is 0. The highest BCUT2D eigenvalue weighted by Crippen LogP contribution is 2.53. The number of para-hydroxylation sites is 3. The quantitative estimate of drug-likeness (QED) is 0.154. The van der Waals surface area contributed by atoms with Crippen LogP contribution in [-0.4, -0.2) is 0 Å². The van der Waals surface area contributed by atoms with Crippen molar-refractivity contribution in [2.24, 2.45) is 0 Å². The maximum absolute atomic E-state index is 2.51. The van der Waals surface area contributed by atoms with E-state index >= 15 is 0 Å². The predicted molar refractivity (Wildman–Crippen MR) is 232 cm³/mol. The Kier molecular flexibility index (Phi) is 8.00. The van der Waals surface area contributed by atoms with Crippen molar-refractivity contribution < 1.29 is 0 Å². The highest BCUT2D eigenvalue weighted by Gasteiger charge is 2.27. The van der Waals surface area contributed by atoms with Gasteiger partial charge in [-0.2, -0.15) is 0 Å². The molecule has 1 aliphatic carbocycles. The predicted octanol–water partition coefficient (Wildman–Crippen LogP) is 14.8. The fraction of sp³-hybridized carbons (Fsp3) is 0.0385. The number of rotatable bonds is 7. The lowest BCUT2D eigenvalue weighted by Gasteiger charge is -2.32. The van der Waals surface area contributed by atoms with Crippen molar-refractivity contribution in [1.82, 2.24) is 0 Å². The van der Waals surface area contributed by atoms with Gasteiger partial charge in [-0.25, -0.2) is 0 Å². The zero-order chi connectivity index (χ0) is 35.8. The minimum Gasteiger partial charge on any atom is -0.313 e. The van der Waals surface area contributed by atoms with E-state index in [1.807, 2.05) is 0 Å². The van der Waals surface area contributed by atoms with Gasteiger partial charge in [-0.05, 0) is 88.0 Å². The fourth-order valence-corrected chi connectivity index (χ4v) is 8.58. The number of allylic oxidation sites excluding steroid dienone is 4. The van der Waals surface area contributed by atoms with Crippen molar-refractivity contribution in [3.8, 4) is 11.1 Å². The van der Waals surface area contributed by atoms with Crippen LogP contribution in [0.2, 0.25) is 0 Å². The van der Waals surface area contributed by atoms with Crippen LogP contribution < -0.4 is 9.80 Å². The molecule has 0 radical (unpaired) electrons. The first-order chi connectivity index (χ1) is 26.9. The van der Waals surface area contributed by atoms with Gasteiger partial charge in [0.2, 0.25) is 0 Å². The highest BCUT2D eigenvalue weighted by atomic mass is 15.2. The highest BCUT2D eigenvalue weighted by molar-refractivity contribution is 6.30. The third kappa shape index (κ3) is 5.26. The molecule has 0 spiro atoms. The van der Waals surface area contributed by atoms with Gasteiger partial charge in [0.15, 0.2) is 0 Å². The third-order valence-corrected chi connectivity index (χ3v) is 10.8. The summed E-state index contributed by atoms with van der Waals surface area (Å²) in [6.45, 7) is 0. The Bertz CT molecular complexity index is 2720. The number of anilines is 5. The summed E-state index contributed by atoms with van der Waals surface area (Å²) in [6, 6.07) is 68.5. The molecular weight excluding hydrogens is 653 g/mol. The van der Waals surface area contributed by atoms with Gasteiger partial charge in [-0.15, -0.1) is 0 Å². The Hall–Kier alpha value is -6.90. The van der Waals surface area contributed by atoms with E-state index in [1.54, 1.807) is 0 Å². The maximum Gasteiger partial charge on any atom is 0.0618 e. The van der Waals surface area contributed by atoms with Crippen LogP contribution in [0.15, 0.2) is 212 Å². The molecule has 2 heteroatoms. The molecule has 0 saturated heterocycles. The lowest BCUT2D eigenvalue weighted by atomic mass is 9.84. The summed E-state index contributed by atoms with van der Waals surface area (Å²) in [4.78, 5) is 4.94. The average Bonchev–Trinajstić information content (AvgIpc) is 3.25. The Morgan fingerprint density at radius 1 is 0.315 bits per heavy atom. The van der Waals surface area contributed by atoms with E-state index in [4.69, 9.17) is 0 Å². The van der Waals surface area contributed by atoms with Crippen molar-refractivity contribution in [3.63, 3.8) is 0 Å². The normalized spacial score (nSPS) is 12.7. The van der Waals surface area contributed by atoms with Gasteiger partial charge >= 0.3 is 0 Å². The van der Waals surface area contributed by atoms with Gasteiger partial charge < -0.3 is 9.80 Å². The molecule has 2 nitrogen and oxygen atoms in total. The Morgan fingerprint density at radius 2 is 0.630 bits per heavy atom. The van der Waals surface area contributed by atoms with Crippen LogP contribution in [0.5, 0.6) is 0 Å². The first-order valence-corrected chi connectivity index (χ1v) is 18.9. The first-order valence-electron chi connectivity index (χ1n) is 18.9. The SMILES string of the molecule is C1=CCCC(N(c2ccccc2)c2c3ccccc3c(-c3c4ccccc4c(N(c4ccccc4)c4ccccc4)c4ccccc34)c3ccccc23)=C1. The van der Waals surface area contributed by atoms with Gasteiger partial charge in [0.1, 0.15) is 0 Å². The van der Waals surface area contributed by atoms with Crippen molar-refractivity contribution in [2.75, 3.05) is 9.80 Å². The largest absolute Gasteiger partial charge is 0.313 e. The minimum atomic E-state index is 0.978. The van der Waals surface area contributed by atoms with Gasteiger partial charge in [0.25, 0.3) is 0 Å². The second-order valence-electron chi connectivity index (χ2n) is 13.9. The number of nitrogens with zero attached hydrogens (tertiary/aromatic N) is 2. The standard InChI is InChI=1S/C52H38N2/c1-5-21-37(22-6-1)53(38-23-7-2-8-24-38)51-45-33-17-13-29-41(45)49(42-30-14-18-34-46(42)51)50-43-31-15-19-35-47(43)52(48-36-20-16-32-44(48)50)54(39-25-9-3-10-26-39)40-27-11-4-12-28-40/h1-11,13-27,29-36H,12,28H2. The van der Waals surface area contributed by atoms with Crippen molar-refractivity contribution in [2.45, 2.75) is 12.8 Å². The Morgan fingerprint density at radius 3 is 0.981 bits per heavy atom. The van der Waals surface area contributed by atoms with Gasteiger partial charge in [0, 0.05) is 44.3 Å². The first kappa shape index (κ1) is 31.8. The smallest absolute Gasteiger partial charge is 0.0618 e. The summed E-state index contributed by atoms with van der Waals surface area (Å²) in [5.41, 5.74) is 9.65. The van der Waals surface area contributed by atoms with E-state index < -0.39 is 0 Å². The number of fused-ring (bicyclic) bond motifs is 4. The van der Waals surface area contributed by atoms with Crippen LogP contribution in [-0.2, 0) is 0 Å². The lowest BCUT2D eigenvalue weighted by Crippen LogP contribution is -2.18. The molecule has 9 aromatic carbocycles. The number of benzene rings is 9. The Labute approximate surface area is 316 Å². The van der Waals surface area contributed by atoms with E-state index in [2.05, 4.69) is 216 Å². The topological polar surface area (TPSA) is 6.48 Å². The van der Waals surface area contributed by atoms with Crippen LogP contribution in [0, 0.1) is 0 Å². The molecule has 0 heterocycles. The van der Waals surface area contributed by atoms with E-state index in [1.165, 1.54) is 77.0 Å². The second kappa shape index (κ2) is 13.6. The lowest BCUT2D eigenvalue weighted by molar-refractivity contribution is 0.921. The molecule has 1 aliphatic rings. The van der Waals surface area contributed by atoms with Crippen LogP contribution >= 0.6 is 0 Å².